The van der Waals surface area contributed by atoms with Crippen LogP contribution in [0.25, 0.3) is 0 Å². The minimum Gasteiger partial charge on any atom is -0.388 e. The Balaban J connectivity index is 2.02. The molecule has 1 saturated heterocycles. The van der Waals surface area contributed by atoms with Crippen LogP contribution >= 0.6 is 11.3 Å². The van der Waals surface area contributed by atoms with Gasteiger partial charge in [-0.25, -0.2) is 4.99 Å². The van der Waals surface area contributed by atoms with E-state index in [1.165, 1.54) is 48.5 Å². The first-order valence-electron chi connectivity index (χ1n) is 9.16. The van der Waals surface area contributed by atoms with Gasteiger partial charge >= 0.3 is 0 Å². The van der Waals surface area contributed by atoms with E-state index in [0.29, 0.717) is 5.84 Å². The summed E-state index contributed by atoms with van der Waals surface area (Å²) < 4.78 is 0. The number of nitrogens with zero attached hydrogens (tertiary/aromatic N) is 3. The Labute approximate surface area is 150 Å². The lowest BCUT2D eigenvalue weighted by atomic mass is 10.2. The van der Waals surface area contributed by atoms with Gasteiger partial charge in [0, 0.05) is 22.3 Å². The summed E-state index contributed by atoms with van der Waals surface area (Å²) in [6.45, 7) is 9.52. The maximum atomic E-state index is 9.47. The zero-order valence-electron chi connectivity index (χ0n) is 15.3. The zero-order chi connectivity index (χ0) is 17.4. The Morgan fingerprint density at radius 3 is 2.58 bits per heavy atom. The first kappa shape index (κ1) is 19.3. The number of hydrogen-bond donors (Lipinski definition) is 1. The molecule has 1 aliphatic rings. The third kappa shape index (κ3) is 6.11. The molecule has 2 heterocycles. The Morgan fingerprint density at radius 2 is 1.96 bits per heavy atom. The lowest BCUT2D eigenvalue weighted by Crippen LogP contribution is -2.23. The topological polar surface area (TPSA) is 48.2 Å². The fourth-order valence-corrected chi connectivity index (χ4v) is 3.87. The monoisotopic (exact) mass is 349 g/mol. The van der Waals surface area contributed by atoms with Crippen LogP contribution in [0.1, 0.15) is 62.6 Å². The number of amidine groups is 1. The lowest BCUT2D eigenvalue weighted by molar-refractivity contribution is 0.279. The number of rotatable bonds is 6. The lowest BCUT2D eigenvalue weighted by Gasteiger charge is -2.18. The van der Waals surface area contributed by atoms with Gasteiger partial charge in [0.15, 0.2) is 0 Å². The second-order valence-corrected chi connectivity index (χ2v) is 7.78. The molecular weight excluding hydrogens is 318 g/mol. The standard InChI is InChI=1S/C19H31N3OS/c1-4-15(2)20-19(14-23)21-16(3)18-10-9-17(24-18)13-22-11-7-5-6-8-12-22/h9-10,15,23H,4-8,11-14H2,1-3H3. The maximum Gasteiger partial charge on any atom is 0.149 e. The number of likely N-dealkylation sites (tertiary alicyclic amines) is 1. The Kier molecular flexibility index (Phi) is 8.09. The van der Waals surface area contributed by atoms with Crippen LogP contribution < -0.4 is 0 Å². The molecule has 4 nitrogen and oxygen atoms in total. The summed E-state index contributed by atoms with van der Waals surface area (Å²) in [6.07, 6.45) is 6.35. The van der Waals surface area contributed by atoms with Crippen molar-refractivity contribution in [3.05, 3.63) is 21.9 Å². The molecular formula is C19H31N3OS. The summed E-state index contributed by atoms with van der Waals surface area (Å²) in [6, 6.07) is 4.56. The van der Waals surface area contributed by atoms with Gasteiger partial charge in [-0.3, -0.25) is 9.89 Å². The Morgan fingerprint density at radius 1 is 1.25 bits per heavy atom. The molecule has 2 rings (SSSR count). The SMILES string of the molecule is CCC(C)N=C(CO)N=C(C)c1ccc(CN2CCCCCC2)s1. The van der Waals surface area contributed by atoms with Gasteiger partial charge in [0.1, 0.15) is 12.4 Å². The Bertz CT molecular complexity index is 557. The number of aliphatic hydroxyl groups is 1. The van der Waals surface area contributed by atoms with Crippen molar-refractivity contribution in [3.63, 3.8) is 0 Å². The Hall–Kier alpha value is -1.04. The molecule has 1 atom stereocenters. The van der Waals surface area contributed by atoms with Gasteiger partial charge in [-0.2, -0.15) is 0 Å². The van der Waals surface area contributed by atoms with Gasteiger partial charge in [-0.15, -0.1) is 11.3 Å². The van der Waals surface area contributed by atoms with Crippen LogP contribution in [-0.2, 0) is 6.54 Å². The smallest absolute Gasteiger partial charge is 0.149 e. The maximum absolute atomic E-state index is 9.47. The molecule has 0 spiro atoms. The van der Waals surface area contributed by atoms with Gasteiger partial charge < -0.3 is 5.11 Å². The molecule has 1 fully saturated rings. The van der Waals surface area contributed by atoms with Gasteiger partial charge in [-0.1, -0.05) is 19.8 Å². The van der Waals surface area contributed by atoms with Crippen LogP contribution in [0.15, 0.2) is 22.1 Å². The van der Waals surface area contributed by atoms with Crippen molar-refractivity contribution >= 4 is 22.9 Å². The predicted octanol–water partition coefficient (Wildman–Crippen LogP) is 4.12. The van der Waals surface area contributed by atoms with Gasteiger partial charge in [0.05, 0.1) is 5.71 Å². The van der Waals surface area contributed by atoms with Crippen LogP contribution in [0.5, 0.6) is 0 Å². The first-order valence-corrected chi connectivity index (χ1v) is 9.98. The normalized spacial score (nSPS) is 19.3. The molecule has 1 unspecified atom stereocenters. The molecule has 134 valence electrons. The first-order chi connectivity index (χ1) is 11.6. The van der Waals surface area contributed by atoms with Crippen LogP contribution in [0.3, 0.4) is 0 Å². The number of hydrogen-bond acceptors (Lipinski definition) is 4. The van der Waals surface area contributed by atoms with Crippen molar-refractivity contribution in [3.8, 4) is 0 Å². The molecule has 0 bridgehead atoms. The summed E-state index contributed by atoms with van der Waals surface area (Å²) in [5.41, 5.74) is 0.943. The van der Waals surface area contributed by atoms with Crippen molar-refractivity contribution in [1.82, 2.24) is 4.90 Å². The van der Waals surface area contributed by atoms with Gasteiger partial charge in [0.25, 0.3) is 0 Å². The summed E-state index contributed by atoms with van der Waals surface area (Å²) in [5.74, 6) is 0.532. The largest absolute Gasteiger partial charge is 0.388 e. The molecule has 0 aromatic carbocycles. The highest BCUT2D eigenvalue weighted by atomic mass is 32.1. The minimum atomic E-state index is -0.103. The van der Waals surface area contributed by atoms with Crippen molar-refractivity contribution in [1.29, 1.82) is 0 Å². The van der Waals surface area contributed by atoms with Crippen molar-refractivity contribution < 1.29 is 5.11 Å². The van der Waals surface area contributed by atoms with E-state index in [1.54, 1.807) is 0 Å². The quantitative estimate of drug-likeness (QED) is 0.620. The van der Waals surface area contributed by atoms with Crippen LogP contribution in [0.4, 0.5) is 0 Å². The van der Waals surface area contributed by atoms with Crippen molar-refractivity contribution in [2.24, 2.45) is 9.98 Å². The van der Waals surface area contributed by atoms with Crippen LogP contribution in [0.2, 0.25) is 0 Å². The molecule has 0 radical (unpaired) electrons. The van der Waals surface area contributed by atoms with Crippen molar-refractivity contribution in [2.45, 2.75) is 65.5 Å². The van der Waals surface area contributed by atoms with E-state index in [0.717, 1.165) is 18.7 Å². The number of aliphatic imine (C=N–C) groups is 2. The molecule has 24 heavy (non-hydrogen) atoms. The van der Waals surface area contributed by atoms with Crippen LogP contribution in [-0.4, -0.2) is 47.3 Å². The molecule has 0 saturated carbocycles. The summed E-state index contributed by atoms with van der Waals surface area (Å²) in [7, 11) is 0. The molecule has 5 heteroatoms. The summed E-state index contributed by atoms with van der Waals surface area (Å²) in [5, 5.41) is 9.47. The third-order valence-electron chi connectivity index (χ3n) is 4.49. The summed E-state index contributed by atoms with van der Waals surface area (Å²) >= 11 is 1.81. The second-order valence-electron chi connectivity index (χ2n) is 6.61. The molecule has 0 aliphatic carbocycles. The van der Waals surface area contributed by atoms with Crippen molar-refractivity contribution in [2.75, 3.05) is 19.7 Å². The number of thiophene rings is 1. The van der Waals surface area contributed by atoms with E-state index >= 15 is 0 Å². The van der Waals surface area contributed by atoms with Crippen LogP contribution in [0, 0.1) is 0 Å². The second kappa shape index (κ2) is 10.1. The highest BCUT2D eigenvalue weighted by molar-refractivity contribution is 7.14. The fraction of sp³-hybridized carbons (Fsp3) is 0.684. The van der Waals surface area contributed by atoms with E-state index in [-0.39, 0.29) is 12.6 Å². The fourth-order valence-electron chi connectivity index (χ4n) is 2.87. The third-order valence-corrected chi connectivity index (χ3v) is 5.67. The van der Waals surface area contributed by atoms with Gasteiger partial charge in [-0.05, 0) is 58.3 Å². The zero-order valence-corrected chi connectivity index (χ0v) is 16.1. The van der Waals surface area contributed by atoms with E-state index < -0.39 is 0 Å². The van der Waals surface area contributed by atoms with E-state index in [9.17, 15) is 5.11 Å². The average molecular weight is 350 g/mol. The predicted molar refractivity (Wildman–Crippen MR) is 105 cm³/mol. The molecule has 1 N–H and O–H groups in total. The molecule has 1 aromatic heterocycles. The number of aliphatic hydroxyl groups excluding tert-OH is 1. The molecule has 1 aromatic rings. The summed E-state index contributed by atoms with van der Waals surface area (Å²) in [4.78, 5) is 14.1. The molecule has 0 amide bonds. The highest BCUT2D eigenvalue weighted by Crippen LogP contribution is 2.21. The molecule has 1 aliphatic heterocycles. The van der Waals surface area contributed by atoms with E-state index in [4.69, 9.17) is 0 Å². The minimum absolute atomic E-state index is 0.103. The highest BCUT2D eigenvalue weighted by Gasteiger charge is 2.12. The van der Waals surface area contributed by atoms with E-state index in [2.05, 4.69) is 33.9 Å². The van der Waals surface area contributed by atoms with E-state index in [1.807, 2.05) is 25.2 Å². The van der Waals surface area contributed by atoms with Gasteiger partial charge in [0.2, 0.25) is 0 Å². The average Bonchev–Trinajstić information content (AvgIpc) is 2.90.